The smallest absolute Gasteiger partial charge is 0.226 e. The topological polar surface area (TPSA) is 50.4 Å². The molecule has 2 radical (unpaired) electrons. The standard InChI is InChI=1S/C6H5BO3S/c7-11-3-4-1-5(8)6(9)2-10-4/h1-2,9H,3H2. The highest BCUT2D eigenvalue weighted by Gasteiger charge is 1.99. The van der Waals surface area contributed by atoms with Crippen molar-refractivity contribution in [1.82, 2.24) is 0 Å². The van der Waals surface area contributed by atoms with Gasteiger partial charge in [0.15, 0.2) is 12.9 Å². The lowest BCUT2D eigenvalue weighted by atomic mass is 10.4. The third-order valence-electron chi connectivity index (χ3n) is 1.09. The monoisotopic (exact) mass is 168 g/mol. The molecule has 1 rings (SSSR count). The Bertz CT molecular complexity index is 296. The quantitative estimate of drug-likeness (QED) is 0.659. The molecule has 0 aromatic carbocycles. The van der Waals surface area contributed by atoms with Crippen LogP contribution in [0.3, 0.4) is 0 Å². The van der Waals surface area contributed by atoms with Crippen molar-refractivity contribution in [3.8, 4) is 5.75 Å². The lowest BCUT2D eigenvalue weighted by Crippen LogP contribution is -1.98. The van der Waals surface area contributed by atoms with E-state index < -0.39 is 5.43 Å². The number of aromatic hydroxyl groups is 1. The van der Waals surface area contributed by atoms with Gasteiger partial charge in [0.2, 0.25) is 5.43 Å². The summed E-state index contributed by atoms with van der Waals surface area (Å²) in [5.74, 6) is 0.506. The van der Waals surface area contributed by atoms with E-state index in [4.69, 9.17) is 16.6 Å². The summed E-state index contributed by atoms with van der Waals surface area (Å²) >= 11 is 1.06. The molecule has 3 nitrogen and oxygen atoms in total. The molecule has 0 amide bonds. The molecule has 1 heterocycles. The fraction of sp³-hybridized carbons (Fsp3) is 0.167. The van der Waals surface area contributed by atoms with Crippen LogP contribution in [0.2, 0.25) is 0 Å². The zero-order valence-electron chi connectivity index (χ0n) is 5.61. The molecule has 0 spiro atoms. The van der Waals surface area contributed by atoms with Gasteiger partial charge in [0.05, 0.1) is 0 Å². The average Bonchev–Trinajstić information content (AvgIpc) is 1.98. The van der Waals surface area contributed by atoms with Crippen LogP contribution in [-0.2, 0) is 5.75 Å². The van der Waals surface area contributed by atoms with Crippen molar-refractivity contribution in [2.45, 2.75) is 5.75 Å². The van der Waals surface area contributed by atoms with Crippen molar-refractivity contribution in [1.29, 1.82) is 0 Å². The first kappa shape index (κ1) is 8.26. The first-order chi connectivity index (χ1) is 5.24. The summed E-state index contributed by atoms with van der Waals surface area (Å²) in [7, 11) is 5.14. The zero-order chi connectivity index (χ0) is 8.27. The van der Waals surface area contributed by atoms with Gasteiger partial charge in [-0.15, -0.1) is 0 Å². The Hall–Kier alpha value is -0.835. The van der Waals surface area contributed by atoms with Crippen molar-refractivity contribution in [3.05, 3.63) is 28.3 Å². The Balaban J connectivity index is 2.96. The van der Waals surface area contributed by atoms with Crippen LogP contribution in [0, 0.1) is 0 Å². The van der Waals surface area contributed by atoms with Crippen LogP contribution in [0.5, 0.6) is 5.75 Å². The van der Waals surface area contributed by atoms with Gasteiger partial charge in [0.25, 0.3) is 0 Å². The number of rotatable bonds is 2. The van der Waals surface area contributed by atoms with E-state index >= 15 is 0 Å². The van der Waals surface area contributed by atoms with Gasteiger partial charge in [-0.1, -0.05) is 0 Å². The normalized spacial score (nSPS) is 9.82. The van der Waals surface area contributed by atoms with E-state index in [1.807, 2.05) is 0 Å². The maximum absolute atomic E-state index is 10.8. The van der Waals surface area contributed by atoms with Gasteiger partial charge in [-0.2, -0.15) is 0 Å². The van der Waals surface area contributed by atoms with Crippen LogP contribution in [0.1, 0.15) is 5.76 Å². The molecule has 5 heteroatoms. The van der Waals surface area contributed by atoms with Crippen molar-refractivity contribution in [2.24, 2.45) is 0 Å². The van der Waals surface area contributed by atoms with Crippen LogP contribution < -0.4 is 5.43 Å². The fourth-order valence-electron chi connectivity index (χ4n) is 0.602. The third kappa shape index (κ3) is 2.05. The lowest BCUT2D eigenvalue weighted by Gasteiger charge is -1.95. The summed E-state index contributed by atoms with van der Waals surface area (Å²) in [4.78, 5) is 10.8. The van der Waals surface area contributed by atoms with E-state index in [1.165, 1.54) is 6.07 Å². The predicted molar refractivity (Wildman–Crippen MR) is 43.7 cm³/mol. The molecule has 0 aliphatic rings. The molecular formula is C6H5BO3S. The Morgan fingerprint density at radius 1 is 1.73 bits per heavy atom. The molecular weight excluding hydrogens is 163 g/mol. The SMILES string of the molecule is [B]SCc1cc(=O)c(O)co1. The molecule has 0 fully saturated rings. The summed E-state index contributed by atoms with van der Waals surface area (Å²) in [6, 6.07) is 1.22. The highest BCUT2D eigenvalue weighted by molar-refractivity contribution is 8.19. The Labute approximate surface area is 68.7 Å². The third-order valence-corrected chi connectivity index (χ3v) is 1.54. The lowest BCUT2D eigenvalue weighted by molar-refractivity contribution is 0.419. The van der Waals surface area contributed by atoms with E-state index in [9.17, 15) is 4.79 Å². The molecule has 0 saturated carbocycles. The van der Waals surface area contributed by atoms with Crippen LogP contribution >= 0.6 is 11.6 Å². The van der Waals surface area contributed by atoms with Gasteiger partial charge in [-0.05, 0) is 0 Å². The van der Waals surface area contributed by atoms with E-state index in [2.05, 4.69) is 0 Å². The summed E-state index contributed by atoms with van der Waals surface area (Å²) in [6.07, 6.45) is 1.01. The minimum atomic E-state index is -0.444. The predicted octanol–water partition coefficient (Wildman–Crippen LogP) is 0.662. The summed E-state index contributed by atoms with van der Waals surface area (Å²) in [5, 5.41) is 8.77. The van der Waals surface area contributed by atoms with Gasteiger partial charge in [0, 0.05) is 11.8 Å². The largest absolute Gasteiger partial charge is 0.502 e. The fourth-order valence-corrected chi connectivity index (χ4v) is 0.917. The number of hydrogen-bond acceptors (Lipinski definition) is 4. The molecule has 1 aromatic heterocycles. The maximum atomic E-state index is 10.8. The van der Waals surface area contributed by atoms with E-state index in [0.29, 0.717) is 11.5 Å². The second-order valence-corrected chi connectivity index (χ2v) is 2.53. The van der Waals surface area contributed by atoms with Crippen molar-refractivity contribution >= 4 is 18.7 Å². The maximum Gasteiger partial charge on any atom is 0.226 e. The second kappa shape index (κ2) is 3.53. The van der Waals surface area contributed by atoms with E-state index in [-0.39, 0.29) is 5.75 Å². The van der Waals surface area contributed by atoms with Crippen LogP contribution in [-0.4, -0.2) is 12.2 Å². The van der Waals surface area contributed by atoms with Gasteiger partial charge >= 0.3 is 0 Å². The average molecular weight is 168 g/mol. The van der Waals surface area contributed by atoms with Gasteiger partial charge in [0.1, 0.15) is 12.0 Å². The van der Waals surface area contributed by atoms with Gasteiger partial charge in [-0.25, -0.2) is 11.6 Å². The Morgan fingerprint density at radius 2 is 2.45 bits per heavy atom. The zero-order valence-corrected chi connectivity index (χ0v) is 6.43. The second-order valence-electron chi connectivity index (χ2n) is 1.91. The van der Waals surface area contributed by atoms with E-state index in [1.54, 1.807) is 0 Å². The molecule has 0 bridgehead atoms. The molecule has 1 aromatic rings. The first-order valence-corrected chi connectivity index (χ1v) is 3.91. The molecule has 0 aliphatic heterocycles. The van der Waals surface area contributed by atoms with Crippen molar-refractivity contribution in [2.75, 3.05) is 0 Å². The minimum absolute atomic E-state index is 0.379. The van der Waals surface area contributed by atoms with Crippen LogP contribution in [0.15, 0.2) is 21.5 Å². The van der Waals surface area contributed by atoms with Gasteiger partial charge < -0.3 is 9.52 Å². The highest BCUT2D eigenvalue weighted by atomic mass is 32.2. The highest BCUT2D eigenvalue weighted by Crippen LogP contribution is 2.08. The van der Waals surface area contributed by atoms with Gasteiger partial charge in [-0.3, -0.25) is 4.79 Å². The summed E-state index contributed by atoms with van der Waals surface area (Å²) < 4.78 is 4.83. The molecule has 0 saturated heterocycles. The minimum Gasteiger partial charge on any atom is -0.502 e. The Morgan fingerprint density at radius 3 is 3.00 bits per heavy atom. The molecule has 0 aliphatic carbocycles. The summed E-state index contributed by atoms with van der Waals surface area (Å²) in [6.45, 7) is 0. The van der Waals surface area contributed by atoms with Crippen LogP contribution in [0.4, 0.5) is 0 Å². The number of hydrogen-bond donors (Lipinski definition) is 1. The molecule has 0 unspecified atom stereocenters. The molecule has 1 N–H and O–H groups in total. The van der Waals surface area contributed by atoms with Crippen molar-refractivity contribution in [3.63, 3.8) is 0 Å². The van der Waals surface area contributed by atoms with Crippen molar-refractivity contribution < 1.29 is 9.52 Å². The van der Waals surface area contributed by atoms with E-state index in [0.717, 1.165) is 17.9 Å². The first-order valence-electron chi connectivity index (χ1n) is 2.86. The molecule has 56 valence electrons. The Kier molecular flexibility index (Phi) is 2.65. The summed E-state index contributed by atoms with van der Waals surface area (Å²) in [5.41, 5.74) is -0.444. The van der Waals surface area contributed by atoms with Crippen LogP contribution in [0.25, 0.3) is 0 Å². The molecule has 11 heavy (non-hydrogen) atoms. The molecule has 0 atom stereocenters.